The molecule has 0 unspecified atom stereocenters. The van der Waals surface area contributed by atoms with E-state index in [9.17, 15) is 0 Å². The molecule has 0 radical (unpaired) electrons. The highest BCUT2D eigenvalue weighted by molar-refractivity contribution is 5.42. The lowest BCUT2D eigenvalue weighted by molar-refractivity contribution is 0.409. The zero-order chi connectivity index (χ0) is 17.8. The molecule has 3 N–H and O–H groups in total. The van der Waals surface area contributed by atoms with Crippen LogP contribution in [0.4, 0.5) is 0 Å². The standard InChI is InChI=1S/C22H30N2O/c1-15(2)18-6-4-5-7-20(18)21(23)14-24-13-16-8-11-19(17-9-10-17)22(12-16)25-3/h4-8,11-12,15,17,21,24H,9-10,13-14,23H2,1-3H3/t21-/m0/s1. The fourth-order valence-electron chi connectivity index (χ4n) is 3.45. The van der Waals surface area contributed by atoms with E-state index in [0.717, 1.165) is 18.8 Å². The smallest absolute Gasteiger partial charge is 0.122 e. The van der Waals surface area contributed by atoms with Crippen LogP contribution in [0.25, 0.3) is 0 Å². The first-order valence-electron chi connectivity index (χ1n) is 9.32. The van der Waals surface area contributed by atoms with E-state index in [4.69, 9.17) is 10.5 Å². The minimum absolute atomic E-state index is 0.00577. The predicted octanol–water partition coefficient (Wildman–Crippen LogP) is 4.49. The summed E-state index contributed by atoms with van der Waals surface area (Å²) in [4.78, 5) is 0. The van der Waals surface area contributed by atoms with Gasteiger partial charge in [0.15, 0.2) is 0 Å². The van der Waals surface area contributed by atoms with Gasteiger partial charge in [-0.05, 0) is 53.0 Å². The minimum atomic E-state index is 0.00577. The van der Waals surface area contributed by atoms with Gasteiger partial charge < -0.3 is 15.8 Å². The van der Waals surface area contributed by atoms with Crippen molar-refractivity contribution >= 4 is 0 Å². The number of methoxy groups -OCH3 is 1. The maximum Gasteiger partial charge on any atom is 0.122 e. The Morgan fingerprint density at radius 3 is 2.48 bits per heavy atom. The molecule has 25 heavy (non-hydrogen) atoms. The van der Waals surface area contributed by atoms with Gasteiger partial charge >= 0.3 is 0 Å². The van der Waals surface area contributed by atoms with Gasteiger partial charge in [0.25, 0.3) is 0 Å². The van der Waals surface area contributed by atoms with Crippen LogP contribution in [-0.4, -0.2) is 13.7 Å². The molecule has 0 heterocycles. The lowest BCUT2D eigenvalue weighted by Gasteiger charge is -2.19. The highest BCUT2D eigenvalue weighted by Gasteiger charge is 2.26. The molecule has 1 aliphatic rings. The first kappa shape index (κ1) is 18.0. The number of hydrogen-bond donors (Lipinski definition) is 2. The van der Waals surface area contributed by atoms with E-state index in [1.165, 1.54) is 35.1 Å². The summed E-state index contributed by atoms with van der Waals surface area (Å²) in [5.74, 6) is 2.22. The molecule has 0 aliphatic heterocycles. The maximum atomic E-state index is 6.44. The topological polar surface area (TPSA) is 47.3 Å². The van der Waals surface area contributed by atoms with E-state index in [2.05, 4.69) is 61.6 Å². The Labute approximate surface area is 151 Å². The van der Waals surface area contributed by atoms with Crippen molar-refractivity contribution in [1.82, 2.24) is 5.32 Å². The monoisotopic (exact) mass is 338 g/mol. The van der Waals surface area contributed by atoms with E-state index in [1.54, 1.807) is 7.11 Å². The number of benzene rings is 2. The lowest BCUT2D eigenvalue weighted by atomic mass is 9.93. The number of nitrogens with one attached hydrogen (secondary N) is 1. The molecule has 0 aromatic heterocycles. The normalized spacial score (nSPS) is 15.4. The predicted molar refractivity (Wildman–Crippen MR) is 104 cm³/mol. The second kappa shape index (κ2) is 8.03. The minimum Gasteiger partial charge on any atom is -0.496 e. The Balaban J connectivity index is 1.59. The number of ether oxygens (including phenoxy) is 1. The van der Waals surface area contributed by atoms with E-state index in [1.807, 2.05) is 0 Å². The van der Waals surface area contributed by atoms with Gasteiger partial charge in [0, 0.05) is 19.1 Å². The second-order valence-electron chi connectivity index (χ2n) is 7.37. The van der Waals surface area contributed by atoms with Crippen LogP contribution in [0.5, 0.6) is 5.75 Å². The van der Waals surface area contributed by atoms with Crippen molar-refractivity contribution in [2.24, 2.45) is 5.73 Å². The lowest BCUT2D eigenvalue weighted by Crippen LogP contribution is -2.27. The van der Waals surface area contributed by atoms with Gasteiger partial charge in [-0.3, -0.25) is 0 Å². The van der Waals surface area contributed by atoms with Gasteiger partial charge in [-0.15, -0.1) is 0 Å². The molecule has 2 aromatic rings. The summed E-state index contributed by atoms with van der Waals surface area (Å²) < 4.78 is 5.57. The van der Waals surface area contributed by atoms with Crippen molar-refractivity contribution in [2.45, 2.75) is 51.1 Å². The largest absolute Gasteiger partial charge is 0.496 e. The molecule has 1 atom stereocenters. The molecular weight excluding hydrogens is 308 g/mol. The van der Waals surface area contributed by atoms with Crippen molar-refractivity contribution in [3.63, 3.8) is 0 Å². The first-order chi connectivity index (χ1) is 12.1. The van der Waals surface area contributed by atoms with E-state index in [-0.39, 0.29) is 6.04 Å². The molecular formula is C22H30N2O. The van der Waals surface area contributed by atoms with Crippen molar-refractivity contribution in [1.29, 1.82) is 0 Å². The van der Waals surface area contributed by atoms with Gasteiger partial charge in [-0.2, -0.15) is 0 Å². The molecule has 3 rings (SSSR count). The molecule has 1 fully saturated rings. The summed E-state index contributed by atoms with van der Waals surface area (Å²) in [7, 11) is 1.76. The molecule has 0 saturated heterocycles. The summed E-state index contributed by atoms with van der Waals surface area (Å²) in [5.41, 5.74) is 11.6. The van der Waals surface area contributed by atoms with Crippen LogP contribution in [0.3, 0.4) is 0 Å². The zero-order valence-electron chi connectivity index (χ0n) is 15.6. The number of rotatable bonds is 8. The SMILES string of the molecule is COc1cc(CNC[C@H](N)c2ccccc2C(C)C)ccc1C1CC1. The summed E-state index contributed by atoms with van der Waals surface area (Å²) in [5, 5.41) is 3.50. The quantitative estimate of drug-likeness (QED) is 0.746. The number of nitrogens with two attached hydrogens (primary N) is 1. The first-order valence-corrected chi connectivity index (χ1v) is 9.32. The molecule has 0 spiro atoms. The average molecular weight is 338 g/mol. The Morgan fingerprint density at radius 2 is 1.84 bits per heavy atom. The Bertz CT molecular complexity index is 707. The Morgan fingerprint density at radius 1 is 1.12 bits per heavy atom. The van der Waals surface area contributed by atoms with Gasteiger partial charge in [0.1, 0.15) is 5.75 Å². The van der Waals surface area contributed by atoms with Crippen LogP contribution in [0.15, 0.2) is 42.5 Å². The van der Waals surface area contributed by atoms with Crippen LogP contribution in [0.2, 0.25) is 0 Å². The van der Waals surface area contributed by atoms with Crippen molar-refractivity contribution in [3.8, 4) is 5.75 Å². The van der Waals surface area contributed by atoms with Crippen LogP contribution >= 0.6 is 0 Å². The van der Waals surface area contributed by atoms with E-state index < -0.39 is 0 Å². The second-order valence-corrected chi connectivity index (χ2v) is 7.37. The van der Waals surface area contributed by atoms with Gasteiger partial charge in [0.2, 0.25) is 0 Å². The summed E-state index contributed by atoms with van der Waals surface area (Å²) >= 11 is 0. The number of hydrogen-bond acceptors (Lipinski definition) is 3. The zero-order valence-corrected chi connectivity index (χ0v) is 15.6. The molecule has 0 amide bonds. The molecule has 134 valence electrons. The summed E-state index contributed by atoms with van der Waals surface area (Å²) in [6.07, 6.45) is 2.58. The fraction of sp³-hybridized carbons (Fsp3) is 0.455. The van der Waals surface area contributed by atoms with Crippen molar-refractivity contribution in [2.75, 3.05) is 13.7 Å². The van der Waals surface area contributed by atoms with Crippen LogP contribution in [-0.2, 0) is 6.54 Å². The van der Waals surface area contributed by atoms with Gasteiger partial charge in [-0.25, -0.2) is 0 Å². The molecule has 1 saturated carbocycles. The average Bonchev–Trinajstić information content (AvgIpc) is 3.46. The highest BCUT2D eigenvalue weighted by Crippen LogP contribution is 2.44. The van der Waals surface area contributed by atoms with Crippen molar-refractivity contribution < 1.29 is 4.74 Å². The van der Waals surface area contributed by atoms with Crippen LogP contribution < -0.4 is 15.8 Å². The maximum absolute atomic E-state index is 6.44. The molecule has 3 heteroatoms. The molecule has 3 nitrogen and oxygen atoms in total. The van der Waals surface area contributed by atoms with Crippen molar-refractivity contribution in [3.05, 3.63) is 64.7 Å². The van der Waals surface area contributed by atoms with Crippen LogP contribution in [0.1, 0.15) is 66.8 Å². The fourth-order valence-corrected chi connectivity index (χ4v) is 3.45. The molecule has 0 bridgehead atoms. The van der Waals surface area contributed by atoms with Gasteiger partial charge in [0.05, 0.1) is 7.11 Å². The Kier molecular flexibility index (Phi) is 5.77. The summed E-state index contributed by atoms with van der Waals surface area (Å²) in [6, 6.07) is 15.1. The van der Waals surface area contributed by atoms with Crippen LogP contribution in [0, 0.1) is 0 Å². The third kappa shape index (κ3) is 4.42. The molecule has 1 aliphatic carbocycles. The van der Waals surface area contributed by atoms with Gasteiger partial charge in [-0.1, -0.05) is 50.2 Å². The highest BCUT2D eigenvalue weighted by atomic mass is 16.5. The van der Waals surface area contributed by atoms with E-state index in [0.29, 0.717) is 11.8 Å². The molecule has 2 aromatic carbocycles. The Hall–Kier alpha value is -1.84. The third-order valence-corrected chi connectivity index (χ3v) is 5.03. The van der Waals surface area contributed by atoms with E-state index >= 15 is 0 Å². The summed E-state index contributed by atoms with van der Waals surface area (Å²) in [6.45, 7) is 5.99. The third-order valence-electron chi connectivity index (χ3n) is 5.03.